The van der Waals surface area contributed by atoms with Crippen LogP contribution in [-0.4, -0.2) is 37.3 Å². The summed E-state index contributed by atoms with van der Waals surface area (Å²) in [6.45, 7) is 1.57. The zero-order valence-electron chi connectivity index (χ0n) is 14.1. The Balaban J connectivity index is 2.22. The average Bonchev–Trinajstić information content (AvgIpc) is 2.61. The van der Waals surface area contributed by atoms with Crippen LogP contribution in [0.3, 0.4) is 0 Å². The number of aromatic carboxylic acids is 1. The van der Waals surface area contributed by atoms with E-state index in [2.05, 4.69) is 5.32 Å². The summed E-state index contributed by atoms with van der Waals surface area (Å²) in [5.74, 6) is -0.590. The highest BCUT2D eigenvalue weighted by Gasteiger charge is 2.21. The van der Waals surface area contributed by atoms with Crippen molar-refractivity contribution >= 4 is 17.6 Å². The number of carboxylic acids is 1. The van der Waals surface area contributed by atoms with Gasteiger partial charge in [-0.25, -0.2) is 4.79 Å². The monoisotopic (exact) mass is 345 g/mol. The molecule has 0 aliphatic rings. The summed E-state index contributed by atoms with van der Waals surface area (Å²) < 4.78 is 15.8. The Hall–Kier alpha value is -3.22. The van der Waals surface area contributed by atoms with E-state index in [1.165, 1.54) is 26.4 Å². The van der Waals surface area contributed by atoms with Crippen molar-refractivity contribution in [2.75, 3.05) is 19.5 Å². The molecule has 0 heterocycles. The Morgan fingerprint density at radius 1 is 1.04 bits per heavy atom. The van der Waals surface area contributed by atoms with Crippen LogP contribution in [0, 0.1) is 0 Å². The fourth-order valence-corrected chi connectivity index (χ4v) is 2.15. The first-order valence-electron chi connectivity index (χ1n) is 7.48. The zero-order valence-corrected chi connectivity index (χ0v) is 14.1. The average molecular weight is 345 g/mol. The summed E-state index contributed by atoms with van der Waals surface area (Å²) in [7, 11) is 2.82. The Morgan fingerprint density at radius 3 is 2.20 bits per heavy atom. The Kier molecular flexibility index (Phi) is 5.84. The van der Waals surface area contributed by atoms with Gasteiger partial charge in [-0.2, -0.15) is 0 Å². The molecule has 25 heavy (non-hydrogen) atoms. The lowest BCUT2D eigenvalue weighted by Gasteiger charge is -2.17. The van der Waals surface area contributed by atoms with Crippen LogP contribution >= 0.6 is 0 Å². The minimum atomic E-state index is -1.20. The summed E-state index contributed by atoms with van der Waals surface area (Å²) in [4.78, 5) is 23.8. The summed E-state index contributed by atoms with van der Waals surface area (Å²) in [6, 6.07) is 11.6. The maximum atomic E-state index is 12.3. The van der Waals surface area contributed by atoms with Crippen molar-refractivity contribution in [3.8, 4) is 17.2 Å². The molecular formula is C18H19NO6. The van der Waals surface area contributed by atoms with Crippen molar-refractivity contribution in [3.63, 3.8) is 0 Å². The summed E-state index contributed by atoms with van der Waals surface area (Å²) >= 11 is 0. The van der Waals surface area contributed by atoms with Gasteiger partial charge in [-0.3, -0.25) is 4.79 Å². The van der Waals surface area contributed by atoms with Gasteiger partial charge in [0.1, 0.15) is 5.75 Å². The summed E-state index contributed by atoms with van der Waals surface area (Å²) in [6.07, 6.45) is -0.822. The van der Waals surface area contributed by atoms with Gasteiger partial charge >= 0.3 is 5.97 Å². The number of carbonyl (C=O) groups is 2. The molecule has 0 saturated heterocycles. The first kappa shape index (κ1) is 18.1. The minimum Gasteiger partial charge on any atom is -0.493 e. The van der Waals surface area contributed by atoms with Crippen LogP contribution in [0.1, 0.15) is 17.3 Å². The molecule has 0 spiro atoms. The number of hydrogen-bond acceptors (Lipinski definition) is 5. The lowest BCUT2D eigenvalue weighted by Crippen LogP contribution is -2.30. The van der Waals surface area contributed by atoms with Crippen molar-refractivity contribution in [2.45, 2.75) is 13.0 Å². The van der Waals surface area contributed by atoms with Gasteiger partial charge in [0.25, 0.3) is 5.91 Å². The highest BCUT2D eigenvalue weighted by molar-refractivity contribution is 6.02. The first-order valence-corrected chi connectivity index (χ1v) is 7.48. The number of benzene rings is 2. The molecule has 1 amide bonds. The second-order valence-electron chi connectivity index (χ2n) is 5.12. The maximum absolute atomic E-state index is 12.3. The molecule has 0 aliphatic heterocycles. The van der Waals surface area contributed by atoms with E-state index in [-0.39, 0.29) is 17.0 Å². The number of methoxy groups -OCH3 is 2. The zero-order chi connectivity index (χ0) is 18.4. The number of amides is 1. The smallest absolute Gasteiger partial charge is 0.337 e. The number of para-hydroxylation sites is 1. The van der Waals surface area contributed by atoms with E-state index in [0.29, 0.717) is 11.5 Å². The van der Waals surface area contributed by atoms with Crippen LogP contribution in [0.2, 0.25) is 0 Å². The molecule has 0 bridgehead atoms. The molecule has 2 aromatic carbocycles. The third-order valence-corrected chi connectivity index (χ3v) is 3.44. The number of anilines is 1. The van der Waals surface area contributed by atoms with E-state index in [4.69, 9.17) is 14.2 Å². The van der Waals surface area contributed by atoms with Crippen LogP contribution < -0.4 is 19.5 Å². The van der Waals surface area contributed by atoms with Crippen molar-refractivity contribution < 1.29 is 28.9 Å². The van der Waals surface area contributed by atoms with E-state index in [0.717, 1.165) is 0 Å². The molecule has 0 radical (unpaired) electrons. The topological polar surface area (TPSA) is 94.1 Å². The van der Waals surface area contributed by atoms with Crippen molar-refractivity contribution in [2.24, 2.45) is 0 Å². The predicted molar refractivity (Wildman–Crippen MR) is 91.7 cm³/mol. The Labute approximate surface area is 145 Å². The maximum Gasteiger partial charge on any atom is 0.337 e. The van der Waals surface area contributed by atoms with Gasteiger partial charge in [-0.05, 0) is 19.1 Å². The van der Waals surface area contributed by atoms with Crippen LogP contribution in [-0.2, 0) is 4.79 Å². The number of carbonyl (C=O) groups excluding carboxylic acids is 1. The standard InChI is InChI=1S/C18H19NO6/c1-11(25-12-7-5-4-6-8-12)17(20)19-14-10-16(24-3)15(23-2)9-13(14)18(21)22/h4-11H,1-3H3,(H,19,20)(H,21,22)/t11-/m1/s1. The van der Waals surface area contributed by atoms with E-state index < -0.39 is 18.0 Å². The van der Waals surface area contributed by atoms with Gasteiger partial charge in [0.15, 0.2) is 17.6 Å². The molecule has 0 unspecified atom stereocenters. The minimum absolute atomic E-state index is 0.0960. The van der Waals surface area contributed by atoms with Crippen molar-refractivity contribution in [1.29, 1.82) is 0 Å². The molecule has 132 valence electrons. The lowest BCUT2D eigenvalue weighted by molar-refractivity contribution is -0.122. The number of ether oxygens (including phenoxy) is 3. The van der Waals surface area contributed by atoms with Crippen molar-refractivity contribution in [3.05, 3.63) is 48.0 Å². The number of carboxylic acid groups (broad SMARTS) is 1. The molecule has 0 saturated carbocycles. The molecule has 2 N–H and O–H groups in total. The van der Waals surface area contributed by atoms with Gasteiger partial charge in [0, 0.05) is 12.1 Å². The van der Waals surface area contributed by atoms with Gasteiger partial charge in [-0.1, -0.05) is 18.2 Å². The second-order valence-corrected chi connectivity index (χ2v) is 5.12. The number of hydrogen-bond donors (Lipinski definition) is 2. The summed E-state index contributed by atoms with van der Waals surface area (Å²) in [5, 5.41) is 11.9. The Morgan fingerprint density at radius 2 is 1.64 bits per heavy atom. The summed E-state index contributed by atoms with van der Waals surface area (Å²) in [5.41, 5.74) is -0.0171. The normalized spacial score (nSPS) is 11.3. The number of nitrogens with one attached hydrogen (secondary N) is 1. The fraction of sp³-hybridized carbons (Fsp3) is 0.222. The van der Waals surface area contributed by atoms with Crippen LogP contribution in [0.15, 0.2) is 42.5 Å². The Bertz CT molecular complexity index is 760. The van der Waals surface area contributed by atoms with E-state index in [1.54, 1.807) is 31.2 Å². The highest BCUT2D eigenvalue weighted by atomic mass is 16.5. The van der Waals surface area contributed by atoms with Crippen molar-refractivity contribution in [1.82, 2.24) is 0 Å². The third kappa shape index (κ3) is 4.41. The molecule has 7 heteroatoms. The molecule has 0 fully saturated rings. The first-order chi connectivity index (χ1) is 12.0. The fourth-order valence-electron chi connectivity index (χ4n) is 2.15. The lowest BCUT2D eigenvalue weighted by atomic mass is 10.1. The van der Waals surface area contributed by atoms with E-state index >= 15 is 0 Å². The van der Waals surface area contributed by atoms with E-state index in [9.17, 15) is 14.7 Å². The third-order valence-electron chi connectivity index (χ3n) is 3.44. The molecule has 2 aromatic rings. The van der Waals surface area contributed by atoms with Crippen LogP contribution in [0.5, 0.6) is 17.2 Å². The molecule has 0 aliphatic carbocycles. The second kappa shape index (κ2) is 8.05. The predicted octanol–water partition coefficient (Wildman–Crippen LogP) is 2.81. The van der Waals surface area contributed by atoms with Gasteiger partial charge in [0.05, 0.1) is 25.5 Å². The molecule has 1 atom stereocenters. The van der Waals surface area contributed by atoms with Gasteiger partial charge in [-0.15, -0.1) is 0 Å². The number of rotatable bonds is 7. The van der Waals surface area contributed by atoms with Crippen LogP contribution in [0.25, 0.3) is 0 Å². The SMILES string of the molecule is COc1cc(NC(=O)[C@@H](C)Oc2ccccc2)c(C(=O)O)cc1OC. The van der Waals surface area contributed by atoms with Gasteiger partial charge < -0.3 is 24.6 Å². The van der Waals surface area contributed by atoms with Gasteiger partial charge in [0.2, 0.25) is 0 Å². The van der Waals surface area contributed by atoms with Crippen LogP contribution in [0.4, 0.5) is 5.69 Å². The molecule has 7 nitrogen and oxygen atoms in total. The largest absolute Gasteiger partial charge is 0.493 e. The van der Waals surface area contributed by atoms with E-state index in [1.807, 2.05) is 6.07 Å². The molecule has 0 aromatic heterocycles. The quantitative estimate of drug-likeness (QED) is 0.801. The molecular weight excluding hydrogens is 326 g/mol. The highest BCUT2D eigenvalue weighted by Crippen LogP contribution is 2.33. The molecule has 2 rings (SSSR count).